The number of benzene rings is 1. The normalized spacial score (nSPS) is 22.0. The van der Waals surface area contributed by atoms with Gasteiger partial charge in [0.2, 0.25) is 11.6 Å². The molecule has 146 valence electrons. The van der Waals surface area contributed by atoms with E-state index in [0.29, 0.717) is 29.2 Å². The lowest BCUT2D eigenvalue weighted by Crippen LogP contribution is -2.35. The van der Waals surface area contributed by atoms with Gasteiger partial charge in [-0.25, -0.2) is 19.2 Å². The summed E-state index contributed by atoms with van der Waals surface area (Å²) in [5.41, 5.74) is 0.0343. The van der Waals surface area contributed by atoms with E-state index in [0.717, 1.165) is 37.8 Å². The van der Waals surface area contributed by atoms with Crippen molar-refractivity contribution in [2.45, 2.75) is 25.7 Å². The standard InChI is InChI=1S/C21H22ClFN4O/c1-24-20-3-2-18(10-19(20)23)28-13-16-9-15(16)8-14-4-6-27(7-5-14)21-25-11-17(22)12-26-21/h2-3,10-12,14-16H,4-9,13H2/t15-,16-/m0/s1. The Balaban J connectivity index is 1.18. The maximum absolute atomic E-state index is 13.6. The molecule has 2 heterocycles. The largest absolute Gasteiger partial charge is 0.493 e. The molecule has 0 radical (unpaired) electrons. The maximum Gasteiger partial charge on any atom is 0.225 e. The molecule has 2 aromatic rings. The lowest BCUT2D eigenvalue weighted by Gasteiger charge is -2.32. The molecule has 0 spiro atoms. The van der Waals surface area contributed by atoms with Crippen LogP contribution in [0.25, 0.3) is 4.85 Å². The minimum absolute atomic E-state index is 0.0343. The molecule has 2 aliphatic rings. The van der Waals surface area contributed by atoms with Gasteiger partial charge in [-0.3, -0.25) is 0 Å². The van der Waals surface area contributed by atoms with Gasteiger partial charge in [-0.2, -0.15) is 0 Å². The molecule has 0 bridgehead atoms. The molecule has 0 N–H and O–H groups in total. The van der Waals surface area contributed by atoms with Gasteiger partial charge in [-0.05, 0) is 55.6 Å². The summed E-state index contributed by atoms with van der Waals surface area (Å²) in [6, 6.07) is 4.45. The van der Waals surface area contributed by atoms with Crippen molar-refractivity contribution < 1.29 is 9.13 Å². The summed E-state index contributed by atoms with van der Waals surface area (Å²) in [5, 5.41) is 0.561. The van der Waals surface area contributed by atoms with Gasteiger partial charge in [-0.15, -0.1) is 0 Å². The van der Waals surface area contributed by atoms with Crippen molar-refractivity contribution in [1.82, 2.24) is 9.97 Å². The van der Waals surface area contributed by atoms with E-state index in [1.54, 1.807) is 18.5 Å². The average Bonchev–Trinajstić information content (AvgIpc) is 3.45. The fourth-order valence-electron chi connectivity index (χ4n) is 3.94. The van der Waals surface area contributed by atoms with E-state index in [2.05, 4.69) is 19.7 Å². The highest BCUT2D eigenvalue weighted by molar-refractivity contribution is 6.30. The van der Waals surface area contributed by atoms with Gasteiger partial charge in [0.1, 0.15) is 11.6 Å². The fraction of sp³-hybridized carbons (Fsp3) is 0.476. The fourth-order valence-corrected chi connectivity index (χ4v) is 4.04. The van der Waals surface area contributed by atoms with Crippen LogP contribution in [0, 0.1) is 30.1 Å². The first kappa shape index (κ1) is 18.9. The Labute approximate surface area is 169 Å². The van der Waals surface area contributed by atoms with E-state index in [4.69, 9.17) is 22.9 Å². The summed E-state index contributed by atoms with van der Waals surface area (Å²) in [6.45, 7) is 9.46. The lowest BCUT2D eigenvalue weighted by molar-refractivity contribution is 0.278. The minimum atomic E-state index is -0.517. The molecule has 1 aromatic carbocycles. The first-order valence-electron chi connectivity index (χ1n) is 9.64. The predicted molar refractivity (Wildman–Crippen MR) is 106 cm³/mol. The van der Waals surface area contributed by atoms with Crippen LogP contribution < -0.4 is 9.64 Å². The van der Waals surface area contributed by atoms with Crippen LogP contribution >= 0.6 is 11.6 Å². The summed E-state index contributed by atoms with van der Waals surface area (Å²) in [6.07, 6.45) is 8.01. The number of halogens is 2. The third-order valence-corrected chi connectivity index (χ3v) is 5.91. The second-order valence-electron chi connectivity index (χ2n) is 7.66. The van der Waals surface area contributed by atoms with Crippen LogP contribution in [-0.4, -0.2) is 29.7 Å². The van der Waals surface area contributed by atoms with Gasteiger partial charge in [0.25, 0.3) is 0 Å². The average molecular weight is 401 g/mol. The summed E-state index contributed by atoms with van der Waals surface area (Å²) in [7, 11) is 0. The SMILES string of the molecule is [C-]#[N+]c1ccc(OC[C@@H]2C[C@@H]2CC2CCN(c3ncc(Cl)cn3)CC2)cc1F. The third kappa shape index (κ3) is 4.53. The Morgan fingerprint density at radius 2 is 1.96 bits per heavy atom. The van der Waals surface area contributed by atoms with E-state index in [1.807, 2.05) is 0 Å². The molecule has 1 aliphatic heterocycles. The van der Waals surface area contributed by atoms with Crippen LogP contribution in [0.5, 0.6) is 5.75 Å². The number of nitrogens with zero attached hydrogens (tertiary/aromatic N) is 4. The first-order chi connectivity index (χ1) is 13.6. The number of hydrogen-bond donors (Lipinski definition) is 0. The molecule has 7 heteroatoms. The highest BCUT2D eigenvalue weighted by atomic mass is 35.5. The first-order valence-corrected chi connectivity index (χ1v) is 10.0. The van der Waals surface area contributed by atoms with Crippen LogP contribution in [0.4, 0.5) is 16.0 Å². The monoisotopic (exact) mass is 400 g/mol. The van der Waals surface area contributed by atoms with E-state index in [9.17, 15) is 4.39 Å². The number of anilines is 1. The van der Waals surface area contributed by atoms with E-state index in [-0.39, 0.29) is 5.69 Å². The molecule has 1 aromatic heterocycles. The van der Waals surface area contributed by atoms with Crippen LogP contribution in [0.15, 0.2) is 30.6 Å². The molecule has 28 heavy (non-hydrogen) atoms. The van der Waals surface area contributed by atoms with Crippen molar-refractivity contribution in [2.75, 3.05) is 24.6 Å². The second kappa shape index (κ2) is 8.32. The Morgan fingerprint density at radius 3 is 2.64 bits per heavy atom. The van der Waals surface area contributed by atoms with Crippen molar-refractivity contribution >= 4 is 23.2 Å². The number of rotatable bonds is 6. The van der Waals surface area contributed by atoms with Crippen molar-refractivity contribution in [1.29, 1.82) is 0 Å². The smallest absolute Gasteiger partial charge is 0.225 e. The number of aromatic nitrogens is 2. The van der Waals surface area contributed by atoms with Gasteiger partial charge >= 0.3 is 0 Å². The Bertz CT molecular complexity index is 862. The summed E-state index contributed by atoms with van der Waals surface area (Å²) in [4.78, 5) is 14.0. The topological polar surface area (TPSA) is 42.6 Å². The van der Waals surface area contributed by atoms with E-state index < -0.39 is 5.82 Å². The highest BCUT2D eigenvalue weighted by Crippen LogP contribution is 2.45. The molecule has 0 unspecified atom stereocenters. The Hall–Kier alpha value is -2.39. The summed E-state index contributed by atoms with van der Waals surface area (Å²) in [5.74, 6) is 2.74. The molecule has 5 nitrogen and oxygen atoms in total. The Kier molecular flexibility index (Phi) is 5.63. The van der Waals surface area contributed by atoms with E-state index in [1.165, 1.54) is 25.0 Å². The van der Waals surface area contributed by atoms with E-state index >= 15 is 0 Å². The number of hydrogen-bond acceptors (Lipinski definition) is 4. The number of ether oxygens (including phenoxy) is 1. The van der Waals surface area contributed by atoms with Crippen LogP contribution in [0.3, 0.4) is 0 Å². The molecular formula is C21H22ClFN4O. The van der Waals surface area contributed by atoms with Gasteiger partial charge < -0.3 is 9.64 Å². The Morgan fingerprint density at radius 1 is 1.21 bits per heavy atom. The minimum Gasteiger partial charge on any atom is -0.493 e. The van der Waals surface area contributed by atoms with Gasteiger partial charge in [0.15, 0.2) is 0 Å². The van der Waals surface area contributed by atoms with Crippen LogP contribution in [0.2, 0.25) is 5.02 Å². The molecule has 4 rings (SSSR count). The molecule has 2 atom stereocenters. The van der Waals surface area contributed by atoms with Gasteiger partial charge in [0.05, 0.1) is 30.6 Å². The number of piperidine rings is 1. The second-order valence-corrected chi connectivity index (χ2v) is 8.10. The third-order valence-electron chi connectivity index (χ3n) is 5.71. The van der Waals surface area contributed by atoms with Gasteiger partial charge in [0, 0.05) is 19.2 Å². The zero-order chi connectivity index (χ0) is 19.5. The van der Waals surface area contributed by atoms with Crippen LogP contribution in [-0.2, 0) is 0 Å². The molecule has 2 fully saturated rings. The molecular weight excluding hydrogens is 379 g/mol. The molecule has 1 aliphatic carbocycles. The summed E-state index contributed by atoms with van der Waals surface area (Å²) >= 11 is 5.85. The highest BCUT2D eigenvalue weighted by Gasteiger charge is 2.39. The quantitative estimate of drug-likeness (QED) is 0.629. The summed E-state index contributed by atoms with van der Waals surface area (Å²) < 4.78 is 19.4. The zero-order valence-electron chi connectivity index (χ0n) is 15.5. The van der Waals surface area contributed by atoms with Crippen molar-refractivity contribution in [2.24, 2.45) is 17.8 Å². The maximum atomic E-state index is 13.6. The molecule has 0 amide bonds. The lowest BCUT2D eigenvalue weighted by atomic mass is 9.91. The van der Waals surface area contributed by atoms with Gasteiger partial charge in [-0.1, -0.05) is 11.6 Å². The van der Waals surface area contributed by atoms with Crippen molar-refractivity contribution in [3.8, 4) is 5.75 Å². The molecule has 1 saturated heterocycles. The van der Waals surface area contributed by atoms with Crippen molar-refractivity contribution in [3.05, 3.63) is 52.8 Å². The van der Waals surface area contributed by atoms with Crippen molar-refractivity contribution in [3.63, 3.8) is 0 Å². The zero-order valence-corrected chi connectivity index (χ0v) is 16.3. The molecule has 1 saturated carbocycles. The predicted octanol–water partition coefficient (Wildman–Crippen LogP) is 5.14. The van der Waals surface area contributed by atoms with Crippen LogP contribution in [0.1, 0.15) is 25.7 Å².